The van der Waals surface area contributed by atoms with Crippen molar-refractivity contribution in [1.29, 1.82) is 0 Å². The molecule has 0 spiro atoms. The molecule has 0 unspecified atom stereocenters. The van der Waals surface area contributed by atoms with Crippen LogP contribution in [0.3, 0.4) is 0 Å². The maximum Gasteiger partial charge on any atom is 0.178 e. The summed E-state index contributed by atoms with van der Waals surface area (Å²) in [5, 5.41) is 0. The number of hydrogen-bond donors (Lipinski definition) is 0. The zero-order valence-corrected chi connectivity index (χ0v) is 15.1. The number of hydrogen-bond acceptors (Lipinski definition) is 2. The number of benzene rings is 1. The summed E-state index contributed by atoms with van der Waals surface area (Å²) in [6.45, 7) is 4.21. The molecule has 0 saturated carbocycles. The molecule has 126 valence electrons. The van der Waals surface area contributed by atoms with Crippen molar-refractivity contribution in [2.75, 3.05) is 5.75 Å². The fraction of sp³-hybridized carbons (Fsp3) is 0.684. The Hall–Kier alpha value is -0.830. The van der Waals surface area contributed by atoms with Gasteiger partial charge in [0.2, 0.25) is 0 Å². The molecule has 0 atom stereocenters. The van der Waals surface area contributed by atoms with E-state index >= 15 is 0 Å². The highest BCUT2D eigenvalue weighted by atomic mass is 32.2. The lowest BCUT2D eigenvalue weighted by Crippen LogP contribution is -2.06. The van der Waals surface area contributed by atoms with Crippen molar-refractivity contribution in [3.8, 4) is 0 Å². The summed E-state index contributed by atoms with van der Waals surface area (Å²) in [4.78, 5) is 0.467. The smallest absolute Gasteiger partial charge is 0.178 e. The first kappa shape index (κ1) is 19.2. The molecular weight excluding hydrogens is 292 g/mol. The van der Waals surface area contributed by atoms with Crippen LogP contribution in [0.4, 0.5) is 0 Å². The van der Waals surface area contributed by atoms with Crippen LogP contribution < -0.4 is 0 Å². The van der Waals surface area contributed by atoms with Gasteiger partial charge >= 0.3 is 0 Å². The Morgan fingerprint density at radius 2 is 1.18 bits per heavy atom. The van der Waals surface area contributed by atoms with E-state index in [0.29, 0.717) is 4.90 Å². The van der Waals surface area contributed by atoms with E-state index in [1.165, 1.54) is 44.9 Å². The minimum absolute atomic E-state index is 0.284. The molecule has 0 N–H and O–H groups in total. The molecule has 2 nitrogen and oxygen atoms in total. The van der Waals surface area contributed by atoms with Gasteiger partial charge in [0.1, 0.15) is 0 Å². The summed E-state index contributed by atoms with van der Waals surface area (Å²) < 4.78 is 24.4. The molecule has 1 rings (SSSR count). The first-order chi connectivity index (χ1) is 10.6. The van der Waals surface area contributed by atoms with Gasteiger partial charge in [-0.05, 0) is 25.5 Å². The van der Waals surface area contributed by atoms with E-state index < -0.39 is 9.84 Å². The predicted molar refractivity (Wildman–Crippen MR) is 95.1 cm³/mol. The van der Waals surface area contributed by atoms with Crippen molar-refractivity contribution >= 4 is 9.84 Å². The molecule has 0 bridgehead atoms. The molecule has 0 fully saturated rings. The molecule has 0 amide bonds. The van der Waals surface area contributed by atoms with Crippen LogP contribution in [0, 0.1) is 6.92 Å². The highest BCUT2D eigenvalue weighted by Gasteiger charge is 2.13. The molecule has 0 heterocycles. The average molecular weight is 325 g/mol. The Morgan fingerprint density at radius 1 is 0.727 bits per heavy atom. The van der Waals surface area contributed by atoms with Crippen LogP contribution in [-0.2, 0) is 9.84 Å². The summed E-state index contributed by atoms with van der Waals surface area (Å²) in [6, 6.07) is 7.18. The lowest BCUT2D eigenvalue weighted by atomic mass is 10.1. The zero-order chi connectivity index (χ0) is 16.3. The van der Waals surface area contributed by atoms with Gasteiger partial charge in [-0.15, -0.1) is 0 Å². The van der Waals surface area contributed by atoms with Gasteiger partial charge in [0.15, 0.2) is 9.84 Å². The lowest BCUT2D eigenvalue weighted by Gasteiger charge is -2.05. The van der Waals surface area contributed by atoms with E-state index in [0.717, 1.165) is 24.8 Å². The minimum Gasteiger partial charge on any atom is -0.224 e. The third kappa shape index (κ3) is 7.98. The van der Waals surface area contributed by atoms with Crippen molar-refractivity contribution in [1.82, 2.24) is 0 Å². The van der Waals surface area contributed by atoms with E-state index in [4.69, 9.17) is 0 Å². The van der Waals surface area contributed by atoms with E-state index in [1.807, 2.05) is 19.1 Å². The second kappa shape index (κ2) is 10.8. The van der Waals surface area contributed by atoms with Gasteiger partial charge in [-0.25, -0.2) is 8.42 Å². The van der Waals surface area contributed by atoms with E-state index in [9.17, 15) is 8.42 Å². The second-order valence-electron chi connectivity index (χ2n) is 6.31. The van der Waals surface area contributed by atoms with Crippen LogP contribution in [0.5, 0.6) is 0 Å². The van der Waals surface area contributed by atoms with E-state index in [2.05, 4.69) is 6.92 Å². The van der Waals surface area contributed by atoms with E-state index in [1.54, 1.807) is 12.1 Å². The topological polar surface area (TPSA) is 34.1 Å². The molecule has 3 heteroatoms. The van der Waals surface area contributed by atoms with Crippen LogP contribution in [0.2, 0.25) is 0 Å². The van der Waals surface area contributed by atoms with Crippen molar-refractivity contribution in [3.63, 3.8) is 0 Å². The highest BCUT2D eigenvalue weighted by Crippen LogP contribution is 2.15. The van der Waals surface area contributed by atoms with Gasteiger partial charge in [-0.1, -0.05) is 82.4 Å². The SMILES string of the molecule is CCCCCCCCCCCCS(=O)(=O)c1ccc(C)cc1. The Kier molecular flexibility index (Phi) is 9.45. The molecule has 0 aliphatic rings. The van der Waals surface area contributed by atoms with Crippen molar-refractivity contribution in [3.05, 3.63) is 29.8 Å². The molecule has 1 aromatic rings. The number of rotatable bonds is 12. The van der Waals surface area contributed by atoms with Crippen molar-refractivity contribution in [2.24, 2.45) is 0 Å². The molecule has 0 aliphatic heterocycles. The first-order valence-electron chi connectivity index (χ1n) is 8.85. The minimum atomic E-state index is -3.08. The molecule has 22 heavy (non-hydrogen) atoms. The summed E-state index contributed by atoms with van der Waals surface area (Å²) in [5.41, 5.74) is 1.10. The van der Waals surface area contributed by atoms with Crippen LogP contribution in [-0.4, -0.2) is 14.2 Å². The van der Waals surface area contributed by atoms with E-state index in [-0.39, 0.29) is 5.75 Å². The number of sulfone groups is 1. The molecule has 0 aromatic heterocycles. The first-order valence-corrected chi connectivity index (χ1v) is 10.5. The van der Waals surface area contributed by atoms with Crippen molar-refractivity contribution in [2.45, 2.75) is 83.0 Å². The molecule has 1 aromatic carbocycles. The standard InChI is InChI=1S/C19H32O2S/c1-3-4-5-6-7-8-9-10-11-12-17-22(20,21)19-15-13-18(2)14-16-19/h13-16H,3-12,17H2,1-2H3. The average Bonchev–Trinajstić information content (AvgIpc) is 2.49. The van der Waals surface area contributed by atoms with Crippen LogP contribution in [0.1, 0.15) is 76.7 Å². The Bertz CT molecular complexity index is 489. The van der Waals surface area contributed by atoms with Crippen LogP contribution in [0.25, 0.3) is 0 Å². The highest BCUT2D eigenvalue weighted by molar-refractivity contribution is 7.91. The quantitative estimate of drug-likeness (QED) is 0.463. The van der Waals surface area contributed by atoms with Gasteiger partial charge in [0, 0.05) is 0 Å². The zero-order valence-electron chi connectivity index (χ0n) is 14.3. The maximum atomic E-state index is 12.2. The number of unbranched alkanes of at least 4 members (excludes halogenated alkanes) is 9. The Balaban J connectivity index is 2.10. The van der Waals surface area contributed by atoms with Gasteiger partial charge in [-0.3, -0.25) is 0 Å². The van der Waals surface area contributed by atoms with Gasteiger partial charge < -0.3 is 0 Å². The summed E-state index contributed by atoms with van der Waals surface area (Å²) >= 11 is 0. The fourth-order valence-electron chi connectivity index (χ4n) is 2.64. The third-order valence-electron chi connectivity index (χ3n) is 4.15. The predicted octanol–water partition coefficient (Wildman–Crippen LogP) is 5.69. The third-order valence-corrected chi connectivity index (χ3v) is 5.96. The molecule has 0 radical (unpaired) electrons. The second-order valence-corrected chi connectivity index (χ2v) is 8.42. The summed E-state index contributed by atoms with van der Waals surface area (Å²) in [6.07, 6.45) is 12.2. The monoisotopic (exact) mass is 324 g/mol. The summed E-state index contributed by atoms with van der Waals surface area (Å²) in [7, 11) is -3.08. The summed E-state index contributed by atoms with van der Waals surface area (Å²) in [5.74, 6) is 0.284. The van der Waals surface area contributed by atoms with Crippen LogP contribution >= 0.6 is 0 Å². The number of aryl methyl sites for hydroxylation is 1. The molecular formula is C19H32O2S. The van der Waals surface area contributed by atoms with Crippen LogP contribution in [0.15, 0.2) is 29.2 Å². The van der Waals surface area contributed by atoms with Crippen molar-refractivity contribution < 1.29 is 8.42 Å². The largest absolute Gasteiger partial charge is 0.224 e. The van der Waals surface area contributed by atoms with Gasteiger partial charge in [0.05, 0.1) is 10.6 Å². The van der Waals surface area contributed by atoms with Gasteiger partial charge in [-0.2, -0.15) is 0 Å². The Labute approximate surface area is 137 Å². The lowest BCUT2D eigenvalue weighted by molar-refractivity contribution is 0.558. The fourth-order valence-corrected chi connectivity index (χ4v) is 4.01. The Morgan fingerprint density at radius 3 is 1.68 bits per heavy atom. The molecule has 0 aliphatic carbocycles. The molecule has 0 saturated heterocycles. The maximum absolute atomic E-state index is 12.2. The normalized spacial score (nSPS) is 11.7. The van der Waals surface area contributed by atoms with Gasteiger partial charge in [0.25, 0.3) is 0 Å².